The average molecular weight is 270 g/mol. The van der Waals surface area contributed by atoms with Gasteiger partial charge < -0.3 is 10.3 Å². The Bertz CT molecular complexity index is 689. The second-order valence-corrected chi connectivity index (χ2v) is 5.66. The van der Waals surface area contributed by atoms with Crippen LogP contribution in [0.4, 0.5) is 0 Å². The standard InChI is InChI=1S/C17H22N2O/c1-10(2)6-16(20)18-9-14-7-11(3)8-15-12(4)13(5)19-17(14)15/h6-8,19H,9H2,1-5H3,(H,18,20). The van der Waals surface area contributed by atoms with Crippen LogP contribution < -0.4 is 5.32 Å². The number of hydrogen-bond acceptors (Lipinski definition) is 1. The lowest BCUT2D eigenvalue weighted by atomic mass is 10.0. The number of carbonyl (C=O) groups excluding carboxylic acids is 1. The lowest BCUT2D eigenvalue weighted by Gasteiger charge is -2.07. The molecule has 3 heteroatoms. The summed E-state index contributed by atoms with van der Waals surface area (Å²) in [6.45, 7) is 10.7. The average Bonchev–Trinajstić information content (AvgIpc) is 2.63. The van der Waals surface area contributed by atoms with E-state index in [1.54, 1.807) is 6.08 Å². The Balaban J connectivity index is 2.32. The first-order valence-electron chi connectivity index (χ1n) is 6.89. The lowest BCUT2D eigenvalue weighted by Crippen LogP contribution is -2.20. The largest absolute Gasteiger partial charge is 0.358 e. The minimum Gasteiger partial charge on any atom is -0.358 e. The molecule has 1 aromatic heterocycles. The van der Waals surface area contributed by atoms with Crippen molar-refractivity contribution in [3.05, 3.63) is 46.2 Å². The van der Waals surface area contributed by atoms with Crippen LogP contribution in [0.5, 0.6) is 0 Å². The number of rotatable bonds is 3. The Hall–Kier alpha value is -2.03. The molecule has 0 saturated carbocycles. The van der Waals surface area contributed by atoms with Crippen molar-refractivity contribution >= 4 is 16.8 Å². The second kappa shape index (κ2) is 5.53. The Morgan fingerprint density at radius 3 is 2.60 bits per heavy atom. The molecule has 0 spiro atoms. The van der Waals surface area contributed by atoms with Crippen LogP contribution in [0.25, 0.3) is 10.9 Å². The van der Waals surface area contributed by atoms with Crippen molar-refractivity contribution in [3.63, 3.8) is 0 Å². The molecule has 0 radical (unpaired) electrons. The van der Waals surface area contributed by atoms with Crippen LogP contribution in [0.3, 0.4) is 0 Å². The first-order chi connectivity index (χ1) is 9.38. The van der Waals surface area contributed by atoms with Crippen molar-refractivity contribution in [3.8, 4) is 0 Å². The molecule has 0 atom stereocenters. The van der Waals surface area contributed by atoms with Gasteiger partial charge in [0.25, 0.3) is 0 Å². The number of aryl methyl sites for hydroxylation is 3. The summed E-state index contributed by atoms with van der Waals surface area (Å²) in [5, 5.41) is 4.19. The molecule has 1 aromatic carbocycles. The minimum absolute atomic E-state index is 0.0420. The third-order valence-corrected chi connectivity index (χ3v) is 3.52. The number of carbonyl (C=O) groups is 1. The molecule has 0 fully saturated rings. The maximum Gasteiger partial charge on any atom is 0.244 e. The predicted molar refractivity (Wildman–Crippen MR) is 83.8 cm³/mol. The van der Waals surface area contributed by atoms with Crippen molar-refractivity contribution < 1.29 is 4.79 Å². The van der Waals surface area contributed by atoms with Gasteiger partial charge in [0, 0.05) is 23.7 Å². The fourth-order valence-corrected chi connectivity index (χ4v) is 2.42. The molecule has 2 aromatic rings. The number of hydrogen-bond donors (Lipinski definition) is 2. The number of aromatic amines is 1. The fourth-order valence-electron chi connectivity index (χ4n) is 2.42. The molecule has 0 saturated heterocycles. The number of fused-ring (bicyclic) bond motifs is 1. The molecule has 2 N–H and O–H groups in total. The summed E-state index contributed by atoms with van der Waals surface area (Å²) in [6.07, 6.45) is 1.62. The molecule has 20 heavy (non-hydrogen) atoms. The van der Waals surface area contributed by atoms with Gasteiger partial charge in [-0.15, -0.1) is 0 Å². The van der Waals surface area contributed by atoms with Crippen molar-refractivity contribution in [1.29, 1.82) is 0 Å². The monoisotopic (exact) mass is 270 g/mol. The zero-order chi connectivity index (χ0) is 14.9. The number of H-pyrrole nitrogens is 1. The molecule has 3 nitrogen and oxygen atoms in total. The molecule has 2 rings (SSSR count). The molecule has 0 aliphatic rings. The topological polar surface area (TPSA) is 44.9 Å². The highest BCUT2D eigenvalue weighted by atomic mass is 16.1. The lowest BCUT2D eigenvalue weighted by molar-refractivity contribution is -0.116. The van der Waals surface area contributed by atoms with Crippen molar-refractivity contribution in [2.45, 2.75) is 41.2 Å². The van der Waals surface area contributed by atoms with Crippen molar-refractivity contribution in [2.24, 2.45) is 0 Å². The van der Waals surface area contributed by atoms with E-state index in [4.69, 9.17) is 0 Å². The smallest absolute Gasteiger partial charge is 0.244 e. The Kier molecular flexibility index (Phi) is 3.98. The van der Waals surface area contributed by atoms with Crippen LogP contribution >= 0.6 is 0 Å². The highest BCUT2D eigenvalue weighted by molar-refractivity contribution is 5.90. The summed E-state index contributed by atoms with van der Waals surface area (Å²) in [6, 6.07) is 4.32. The van der Waals surface area contributed by atoms with Crippen LogP contribution in [-0.4, -0.2) is 10.9 Å². The molecular weight excluding hydrogens is 248 g/mol. The van der Waals surface area contributed by atoms with Gasteiger partial charge in [0.15, 0.2) is 0 Å². The van der Waals surface area contributed by atoms with Crippen LogP contribution in [0, 0.1) is 20.8 Å². The zero-order valence-corrected chi connectivity index (χ0v) is 12.8. The predicted octanol–water partition coefficient (Wildman–Crippen LogP) is 3.68. The van der Waals surface area contributed by atoms with E-state index in [9.17, 15) is 4.79 Å². The molecule has 0 aliphatic carbocycles. The Labute approximate surface area is 120 Å². The van der Waals surface area contributed by atoms with Gasteiger partial charge in [-0.2, -0.15) is 0 Å². The van der Waals surface area contributed by atoms with Gasteiger partial charge in [-0.25, -0.2) is 0 Å². The van der Waals surface area contributed by atoms with Gasteiger partial charge in [-0.1, -0.05) is 17.2 Å². The van der Waals surface area contributed by atoms with Gasteiger partial charge in [0.05, 0.1) is 5.52 Å². The van der Waals surface area contributed by atoms with E-state index in [1.165, 1.54) is 22.2 Å². The number of allylic oxidation sites excluding steroid dienone is 1. The summed E-state index contributed by atoms with van der Waals surface area (Å²) in [5.41, 5.74) is 6.94. The number of aromatic nitrogens is 1. The van der Waals surface area contributed by atoms with E-state index < -0.39 is 0 Å². The van der Waals surface area contributed by atoms with Crippen LogP contribution in [0.2, 0.25) is 0 Å². The Morgan fingerprint density at radius 1 is 1.25 bits per heavy atom. The molecule has 106 valence electrons. The van der Waals surface area contributed by atoms with Gasteiger partial charge in [-0.3, -0.25) is 4.79 Å². The summed E-state index contributed by atoms with van der Waals surface area (Å²) < 4.78 is 0. The first-order valence-corrected chi connectivity index (χ1v) is 6.89. The molecule has 0 aliphatic heterocycles. The number of benzene rings is 1. The third kappa shape index (κ3) is 2.93. The summed E-state index contributed by atoms with van der Waals surface area (Å²) >= 11 is 0. The van der Waals surface area contributed by atoms with E-state index in [1.807, 2.05) is 13.8 Å². The Morgan fingerprint density at radius 2 is 1.95 bits per heavy atom. The van der Waals surface area contributed by atoms with Crippen LogP contribution in [0.1, 0.15) is 36.2 Å². The summed E-state index contributed by atoms with van der Waals surface area (Å²) in [5.74, 6) is -0.0420. The molecule has 1 heterocycles. The molecule has 0 bridgehead atoms. The van der Waals surface area contributed by atoms with E-state index in [0.29, 0.717) is 6.54 Å². The zero-order valence-electron chi connectivity index (χ0n) is 12.8. The highest BCUT2D eigenvalue weighted by Gasteiger charge is 2.10. The van der Waals surface area contributed by atoms with E-state index in [0.717, 1.165) is 16.7 Å². The summed E-state index contributed by atoms with van der Waals surface area (Å²) in [7, 11) is 0. The van der Waals surface area contributed by atoms with Crippen LogP contribution in [0.15, 0.2) is 23.8 Å². The van der Waals surface area contributed by atoms with Gasteiger partial charge in [0.2, 0.25) is 5.91 Å². The summed E-state index contributed by atoms with van der Waals surface area (Å²) in [4.78, 5) is 15.1. The van der Waals surface area contributed by atoms with E-state index in [2.05, 4.69) is 43.2 Å². The molecule has 0 unspecified atom stereocenters. The molecular formula is C17H22N2O. The normalized spacial score (nSPS) is 10.7. The van der Waals surface area contributed by atoms with E-state index >= 15 is 0 Å². The van der Waals surface area contributed by atoms with Crippen molar-refractivity contribution in [1.82, 2.24) is 10.3 Å². The highest BCUT2D eigenvalue weighted by Crippen LogP contribution is 2.25. The van der Waals surface area contributed by atoms with Gasteiger partial charge in [0.1, 0.15) is 0 Å². The number of amides is 1. The van der Waals surface area contributed by atoms with E-state index in [-0.39, 0.29) is 5.91 Å². The SMILES string of the molecule is CC(C)=CC(=O)NCc1cc(C)cc2c(C)c(C)[nH]c12. The van der Waals surface area contributed by atoms with Crippen molar-refractivity contribution in [2.75, 3.05) is 0 Å². The minimum atomic E-state index is -0.0420. The van der Waals surface area contributed by atoms with Gasteiger partial charge >= 0.3 is 0 Å². The van der Waals surface area contributed by atoms with Gasteiger partial charge in [-0.05, 0) is 51.8 Å². The van der Waals surface area contributed by atoms with Crippen LogP contribution in [-0.2, 0) is 11.3 Å². The quantitative estimate of drug-likeness (QED) is 0.821. The number of nitrogens with one attached hydrogen (secondary N) is 2. The first kappa shape index (κ1) is 14.4. The second-order valence-electron chi connectivity index (χ2n) is 5.66. The molecule has 1 amide bonds. The maximum absolute atomic E-state index is 11.7. The maximum atomic E-state index is 11.7. The third-order valence-electron chi connectivity index (χ3n) is 3.52. The fraction of sp³-hybridized carbons (Fsp3) is 0.353.